The van der Waals surface area contributed by atoms with Gasteiger partial charge in [-0.1, -0.05) is 0 Å². The Bertz CT molecular complexity index is 653. The van der Waals surface area contributed by atoms with Crippen LogP contribution in [0.5, 0.6) is 0 Å². The Morgan fingerprint density at radius 3 is 2.43 bits per heavy atom. The first-order valence-corrected chi connectivity index (χ1v) is 8.59. The molecule has 23 heavy (non-hydrogen) atoms. The molecule has 0 N–H and O–H groups in total. The highest BCUT2D eigenvalue weighted by molar-refractivity contribution is 5.57. The van der Waals surface area contributed by atoms with Gasteiger partial charge in [0.15, 0.2) is 0 Å². The van der Waals surface area contributed by atoms with Crippen LogP contribution in [-0.2, 0) is 13.5 Å². The topological polar surface area (TPSA) is 46.8 Å². The first-order chi connectivity index (χ1) is 11.1. The molecule has 2 aromatic rings. The summed E-state index contributed by atoms with van der Waals surface area (Å²) in [7, 11) is 2.04. The number of likely N-dealkylation sites (tertiary alicyclic amines) is 1. The second-order valence-electron chi connectivity index (χ2n) is 6.88. The van der Waals surface area contributed by atoms with Gasteiger partial charge >= 0.3 is 0 Å². The molecular formula is C18H27N5. The fourth-order valence-corrected chi connectivity index (χ4v) is 3.40. The zero-order valence-corrected chi connectivity index (χ0v) is 14.7. The van der Waals surface area contributed by atoms with E-state index in [9.17, 15) is 0 Å². The van der Waals surface area contributed by atoms with Gasteiger partial charge in [-0.25, -0.2) is 4.98 Å². The zero-order valence-electron chi connectivity index (χ0n) is 14.7. The van der Waals surface area contributed by atoms with Gasteiger partial charge in [-0.15, -0.1) is 0 Å². The van der Waals surface area contributed by atoms with E-state index in [1.54, 1.807) is 6.20 Å². The van der Waals surface area contributed by atoms with Crippen molar-refractivity contribution in [3.05, 3.63) is 30.1 Å². The lowest BCUT2D eigenvalue weighted by molar-refractivity contribution is 0.149. The number of piperidine rings is 1. The van der Waals surface area contributed by atoms with Crippen LogP contribution in [0.4, 0.5) is 0 Å². The van der Waals surface area contributed by atoms with E-state index in [2.05, 4.69) is 38.3 Å². The molecule has 5 nitrogen and oxygen atoms in total. The van der Waals surface area contributed by atoms with Crippen molar-refractivity contribution in [3.8, 4) is 11.4 Å². The van der Waals surface area contributed by atoms with Gasteiger partial charge in [0, 0.05) is 25.5 Å². The third kappa shape index (κ3) is 3.44. The van der Waals surface area contributed by atoms with Crippen LogP contribution in [-0.4, -0.2) is 43.6 Å². The van der Waals surface area contributed by atoms with E-state index in [1.165, 1.54) is 25.9 Å². The molecule has 0 spiro atoms. The Labute approximate surface area is 138 Å². The van der Waals surface area contributed by atoms with Crippen molar-refractivity contribution < 1.29 is 0 Å². The molecule has 0 aliphatic carbocycles. The predicted molar refractivity (Wildman–Crippen MR) is 92.1 cm³/mol. The van der Waals surface area contributed by atoms with Crippen LogP contribution in [0.25, 0.3) is 11.4 Å². The number of aryl methyl sites for hydroxylation is 1. The van der Waals surface area contributed by atoms with E-state index in [-0.39, 0.29) is 0 Å². The van der Waals surface area contributed by atoms with Gasteiger partial charge in [0.1, 0.15) is 11.5 Å². The van der Waals surface area contributed by atoms with Crippen LogP contribution >= 0.6 is 0 Å². The summed E-state index contributed by atoms with van der Waals surface area (Å²) in [5.74, 6) is 1.71. The molecule has 2 aromatic heterocycles. The minimum Gasteiger partial charge on any atom is -0.330 e. The Morgan fingerprint density at radius 1 is 1.13 bits per heavy atom. The highest BCUT2D eigenvalue weighted by Crippen LogP contribution is 2.27. The van der Waals surface area contributed by atoms with E-state index in [4.69, 9.17) is 0 Å². The second kappa shape index (κ2) is 6.79. The molecule has 3 rings (SSSR count). The van der Waals surface area contributed by atoms with Crippen molar-refractivity contribution in [3.63, 3.8) is 0 Å². The quantitative estimate of drug-likeness (QED) is 0.871. The van der Waals surface area contributed by atoms with Gasteiger partial charge in [-0.3, -0.25) is 9.97 Å². The van der Waals surface area contributed by atoms with Crippen LogP contribution in [0.15, 0.2) is 18.6 Å². The summed E-state index contributed by atoms with van der Waals surface area (Å²) in [5, 5.41) is 0. The fraction of sp³-hybridized carbons (Fsp3) is 0.611. The summed E-state index contributed by atoms with van der Waals surface area (Å²) in [4.78, 5) is 16.2. The molecule has 0 atom stereocenters. The monoisotopic (exact) mass is 313 g/mol. The van der Waals surface area contributed by atoms with Crippen molar-refractivity contribution in [2.75, 3.05) is 13.1 Å². The number of hydrogen-bond acceptors (Lipinski definition) is 4. The van der Waals surface area contributed by atoms with Crippen LogP contribution in [0.1, 0.15) is 38.2 Å². The van der Waals surface area contributed by atoms with Gasteiger partial charge in [0.25, 0.3) is 0 Å². The zero-order chi connectivity index (χ0) is 16.4. The molecule has 0 aromatic carbocycles. The van der Waals surface area contributed by atoms with Crippen LogP contribution < -0.4 is 0 Å². The van der Waals surface area contributed by atoms with Crippen molar-refractivity contribution in [2.24, 2.45) is 13.0 Å². The van der Waals surface area contributed by atoms with E-state index >= 15 is 0 Å². The Balaban J connectivity index is 1.76. The minimum absolute atomic E-state index is 0.653. The number of imidazole rings is 1. The summed E-state index contributed by atoms with van der Waals surface area (Å²) in [5.41, 5.74) is 3.16. The summed E-state index contributed by atoms with van der Waals surface area (Å²) >= 11 is 0. The summed E-state index contributed by atoms with van der Waals surface area (Å²) in [6, 6.07) is 0.653. The smallest absolute Gasteiger partial charge is 0.110 e. The third-order valence-electron chi connectivity index (χ3n) is 5.10. The molecular weight excluding hydrogens is 286 g/mol. The number of aromatic nitrogens is 4. The molecule has 5 heteroatoms. The van der Waals surface area contributed by atoms with E-state index in [1.807, 2.05) is 26.4 Å². The molecule has 0 amide bonds. The molecule has 1 fully saturated rings. The van der Waals surface area contributed by atoms with E-state index in [0.29, 0.717) is 12.0 Å². The first-order valence-electron chi connectivity index (χ1n) is 8.59. The van der Waals surface area contributed by atoms with E-state index in [0.717, 1.165) is 29.3 Å². The minimum atomic E-state index is 0.653. The number of nitrogens with zero attached hydrogens (tertiary/aromatic N) is 5. The maximum atomic E-state index is 4.64. The van der Waals surface area contributed by atoms with Crippen LogP contribution in [0.3, 0.4) is 0 Å². The third-order valence-corrected chi connectivity index (χ3v) is 5.10. The molecule has 0 bridgehead atoms. The van der Waals surface area contributed by atoms with Crippen molar-refractivity contribution in [1.29, 1.82) is 0 Å². The Morgan fingerprint density at radius 2 is 1.83 bits per heavy atom. The SMILES string of the molecule is Cc1ncc(-c2nccnc2CC2CCN(C(C)C)CC2)n1C. The second-order valence-corrected chi connectivity index (χ2v) is 6.88. The lowest BCUT2D eigenvalue weighted by Gasteiger charge is -2.34. The average molecular weight is 313 g/mol. The largest absolute Gasteiger partial charge is 0.330 e. The van der Waals surface area contributed by atoms with Gasteiger partial charge < -0.3 is 9.47 Å². The van der Waals surface area contributed by atoms with Crippen molar-refractivity contribution in [1.82, 2.24) is 24.4 Å². The normalized spacial score (nSPS) is 17.1. The number of rotatable bonds is 4. The maximum Gasteiger partial charge on any atom is 0.110 e. The fourth-order valence-electron chi connectivity index (χ4n) is 3.40. The molecule has 1 aliphatic heterocycles. The standard InChI is InChI=1S/C18H27N5/c1-13(2)23-9-5-15(6-10-23)11-16-18(20-8-7-19-16)17-12-21-14(3)22(17)4/h7-8,12-13,15H,5-6,9-11H2,1-4H3. The van der Waals surface area contributed by atoms with E-state index < -0.39 is 0 Å². The molecule has 124 valence electrons. The van der Waals surface area contributed by atoms with Gasteiger partial charge in [-0.2, -0.15) is 0 Å². The lowest BCUT2D eigenvalue weighted by atomic mass is 9.90. The average Bonchev–Trinajstić information content (AvgIpc) is 2.88. The molecule has 0 radical (unpaired) electrons. The predicted octanol–water partition coefficient (Wildman–Crippen LogP) is 2.85. The molecule has 3 heterocycles. The maximum absolute atomic E-state index is 4.64. The van der Waals surface area contributed by atoms with Crippen molar-refractivity contribution >= 4 is 0 Å². The van der Waals surface area contributed by atoms with Gasteiger partial charge in [0.05, 0.1) is 17.6 Å². The summed E-state index contributed by atoms with van der Waals surface area (Å²) < 4.78 is 2.09. The summed E-state index contributed by atoms with van der Waals surface area (Å²) in [6.07, 6.45) is 9.01. The Kier molecular flexibility index (Phi) is 4.76. The molecule has 0 saturated carbocycles. The number of hydrogen-bond donors (Lipinski definition) is 0. The molecule has 1 aliphatic rings. The molecule has 1 saturated heterocycles. The Hall–Kier alpha value is -1.75. The molecule has 0 unspecified atom stereocenters. The first kappa shape index (κ1) is 16.1. The highest BCUT2D eigenvalue weighted by Gasteiger charge is 2.23. The van der Waals surface area contributed by atoms with Crippen LogP contribution in [0, 0.1) is 12.8 Å². The van der Waals surface area contributed by atoms with Gasteiger partial charge in [-0.05, 0) is 59.0 Å². The van der Waals surface area contributed by atoms with Crippen molar-refractivity contribution in [2.45, 2.75) is 46.1 Å². The summed E-state index contributed by atoms with van der Waals surface area (Å²) in [6.45, 7) is 8.98. The lowest BCUT2D eigenvalue weighted by Crippen LogP contribution is -2.38. The highest BCUT2D eigenvalue weighted by atomic mass is 15.1. The van der Waals surface area contributed by atoms with Crippen LogP contribution in [0.2, 0.25) is 0 Å². The van der Waals surface area contributed by atoms with Gasteiger partial charge in [0.2, 0.25) is 0 Å².